The van der Waals surface area contributed by atoms with E-state index in [9.17, 15) is 13.2 Å². The average molecular weight is 272 g/mol. The number of nitrogens with one attached hydrogen (secondary N) is 1. The number of piperidine rings is 1. The molecule has 1 unspecified atom stereocenters. The van der Waals surface area contributed by atoms with Gasteiger partial charge in [0.15, 0.2) is 0 Å². The lowest BCUT2D eigenvalue weighted by molar-refractivity contribution is -0.137. The van der Waals surface area contributed by atoms with Crippen LogP contribution in [-0.2, 0) is 6.18 Å². The molecule has 1 saturated heterocycles. The molecule has 0 saturated carbocycles. The number of hydrogen-bond acceptors (Lipinski definition) is 2. The van der Waals surface area contributed by atoms with Gasteiger partial charge in [-0.2, -0.15) is 13.2 Å². The normalized spacial score (nSPS) is 20.6. The second-order valence-electron chi connectivity index (χ2n) is 4.89. The summed E-state index contributed by atoms with van der Waals surface area (Å²) in [5, 5.41) is 3.40. The van der Waals surface area contributed by atoms with Crippen molar-refractivity contribution in [1.82, 2.24) is 5.32 Å². The summed E-state index contributed by atoms with van der Waals surface area (Å²) in [7, 11) is 0. The second-order valence-corrected chi connectivity index (χ2v) is 4.89. The van der Waals surface area contributed by atoms with E-state index in [0.29, 0.717) is 6.04 Å². The van der Waals surface area contributed by atoms with E-state index in [1.807, 2.05) is 0 Å². The first-order valence-corrected chi connectivity index (χ1v) is 6.66. The highest BCUT2D eigenvalue weighted by atomic mass is 19.4. The molecular weight excluding hydrogens is 253 g/mol. The number of likely N-dealkylation sites (N-methyl/N-ethyl adjacent to an activating group) is 1. The Kier molecular flexibility index (Phi) is 4.34. The second kappa shape index (κ2) is 5.82. The first-order chi connectivity index (χ1) is 9.00. The number of benzene rings is 1. The highest BCUT2D eigenvalue weighted by Crippen LogP contribution is 2.31. The van der Waals surface area contributed by atoms with Crippen LogP contribution in [0.4, 0.5) is 18.9 Å². The summed E-state index contributed by atoms with van der Waals surface area (Å²) < 4.78 is 37.5. The smallest absolute Gasteiger partial charge is 0.370 e. The van der Waals surface area contributed by atoms with Gasteiger partial charge in [-0.1, -0.05) is 6.92 Å². The van der Waals surface area contributed by atoms with E-state index in [1.165, 1.54) is 0 Å². The van der Waals surface area contributed by atoms with Gasteiger partial charge in [-0.3, -0.25) is 0 Å². The van der Waals surface area contributed by atoms with E-state index in [-0.39, 0.29) is 0 Å². The fourth-order valence-electron chi connectivity index (χ4n) is 2.53. The SMILES string of the molecule is CCNC1CCCN(c2ccc(C(F)(F)F)cc2)C1. The summed E-state index contributed by atoms with van der Waals surface area (Å²) in [5.41, 5.74) is 0.284. The van der Waals surface area contributed by atoms with Crippen molar-refractivity contribution in [3.8, 4) is 0 Å². The van der Waals surface area contributed by atoms with Crippen molar-refractivity contribution in [2.75, 3.05) is 24.5 Å². The number of alkyl halides is 3. The maximum Gasteiger partial charge on any atom is 0.416 e. The molecule has 0 radical (unpaired) electrons. The van der Waals surface area contributed by atoms with Crippen molar-refractivity contribution in [3.05, 3.63) is 29.8 Å². The molecule has 1 aliphatic rings. The highest BCUT2D eigenvalue weighted by Gasteiger charge is 2.30. The molecule has 1 aliphatic heterocycles. The van der Waals surface area contributed by atoms with Gasteiger partial charge >= 0.3 is 6.18 Å². The van der Waals surface area contributed by atoms with Crippen LogP contribution >= 0.6 is 0 Å². The lowest BCUT2D eigenvalue weighted by atomic mass is 10.0. The number of halogens is 3. The molecule has 0 spiro atoms. The maximum atomic E-state index is 12.5. The lowest BCUT2D eigenvalue weighted by Gasteiger charge is -2.34. The van der Waals surface area contributed by atoms with Crippen molar-refractivity contribution in [3.63, 3.8) is 0 Å². The fourth-order valence-corrected chi connectivity index (χ4v) is 2.53. The third-order valence-electron chi connectivity index (χ3n) is 3.47. The summed E-state index contributed by atoms with van der Waals surface area (Å²) in [6.07, 6.45) is -2.06. The molecule has 5 heteroatoms. The van der Waals surface area contributed by atoms with Crippen LogP contribution in [0.15, 0.2) is 24.3 Å². The summed E-state index contributed by atoms with van der Waals surface area (Å²) >= 11 is 0. The largest absolute Gasteiger partial charge is 0.416 e. The van der Waals surface area contributed by atoms with Gasteiger partial charge in [-0.25, -0.2) is 0 Å². The Morgan fingerprint density at radius 2 is 1.95 bits per heavy atom. The molecule has 2 rings (SSSR count). The molecule has 1 N–H and O–H groups in total. The topological polar surface area (TPSA) is 15.3 Å². The number of rotatable bonds is 3. The Morgan fingerprint density at radius 3 is 2.53 bits per heavy atom. The van der Waals surface area contributed by atoms with Crippen LogP contribution in [0, 0.1) is 0 Å². The van der Waals surface area contributed by atoms with Crippen molar-refractivity contribution < 1.29 is 13.2 Å². The summed E-state index contributed by atoms with van der Waals surface area (Å²) in [5.74, 6) is 0. The highest BCUT2D eigenvalue weighted by molar-refractivity contribution is 5.48. The van der Waals surface area contributed by atoms with Gasteiger partial charge in [-0.15, -0.1) is 0 Å². The Bertz CT molecular complexity index is 398. The van der Waals surface area contributed by atoms with Crippen molar-refractivity contribution in [1.29, 1.82) is 0 Å². The molecule has 19 heavy (non-hydrogen) atoms. The van der Waals surface area contributed by atoms with Crippen LogP contribution in [0.1, 0.15) is 25.3 Å². The summed E-state index contributed by atoms with van der Waals surface area (Å²) in [4.78, 5) is 2.15. The van der Waals surface area contributed by atoms with Crippen molar-refractivity contribution in [2.24, 2.45) is 0 Å². The zero-order chi connectivity index (χ0) is 13.9. The Morgan fingerprint density at radius 1 is 1.26 bits per heavy atom. The predicted molar refractivity (Wildman–Crippen MR) is 70.4 cm³/mol. The van der Waals surface area contributed by atoms with Gasteiger partial charge in [0.05, 0.1) is 5.56 Å². The number of nitrogens with zero attached hydrogens (tertiary/aromatic N) is 1. The lowest BCUT2D eigenvalue weighted by Crippen LogP contribution is -2.45. The molecule has 106 valence electrons. The van der Waals surface area contributed by atoms with Crippen LogP contribution in [0.25, 0.3) is 0 Å². The molecule has 1 aromatic rings. The van der Waals surface area contributed by atoms with E-state index in [2.05, 4.69) is 17.1 Å². The van der Waals surface area contributed by atoms with Gasteiger partial charge < -0.3 is 10.2 Å². The standard InChI is InChI=1S/C14H19F3N2/c1-2-18-12-4-3-9-19(10-12)13-7-5-11(6-8-13)14(15,16)17/h5-8,12,18H,2-4,9-10H2,1H3. The van der Waals surface area contributed by atoms with Crippen LogP contribution in [0.5, 0.6) is 0 Å². The molecule has 0 amide bonds. The Labute approximate surface area is 111 Å². The monoisotopic (exact) mass is 272 g/mol. The van der Waals surface area contributed by atoms with Crippen LogP contribution in [-0.4, -0.2) is 25.7 Å². The third kappa shape index (κ3) is 3.62. The van der Waals surface area contributed by atoms with E-state index in [4.69, 9.17) is 0 Å². The van der Waals surface area contributed by atoms with Crippen molar-refractivity contribution in [2.45, 2.75) is 32.0 Å². The van der Waals surface area contributed by atoms with Gasteiger partial charge in [0.1, 0.15) is 0 Å². The molecule has 0 aliphatic carbocycles. The van der Waals surface area contributed by atoms with E-state index in [1.54, 1.807) is 12.1 Å². The quantitative estimate of drug-likeness (QED) is 0.908. The Hall–Kier alpha value is -1.23. The molecule has 1 aromatic carbocycles. The van der Waals surface area contributed by atoms with Gasteiger partial charge in [0, 0.05) is 24.8 Å². The third-order valence-corrected chi connectivity index (χ3v) is 3.47. The van der Waals surface area contributed by atoms with Crippen molar-refractivity contribution >= 4 is 5.69 Å². The molecular formula is C14H19F3N2. The zero-order valence-electron chi connectivity index (χ0n) is 11.0. The van der Waals surface area contributed by atoms with Gasteiger partial charge in [0.2, 0.25) is 0 Å². The Balaban J connectivity index is 2.05. The van der Waals surface area contributed by atoms with Crippen LogP contribution < -0.4 is 10.2 Å². The van der Waals surface area contributed by atoms with Crippen LogP contribution in [0.2, 0.25) is 0 Å². The number of hydrogen-bond donors (Lipinski definition) is 1. The first kappa shape index (κ1) is 14.2. The predicted octanol–water partition coefficient (Wildman–Crippen LogP) is 3.28. The zero-order valence-corrected chi connectivity index (χ0v) is 11.0. The minimum absolute atomic E-state index is 0.432. The minimum Gasteiger partial charge on any atom is -0.370 e. The first-order valence-electron chi connectivity index (χ1n) is 6.66. The average Bonchev–Trinajstić information content (AvgIpc) is 2.39. The maximum absolute atomic E-state index is 12.5. The molecule has 1 atom stereocenters. The minimum atomic E-state index is -4.26. The molecule has 1 heterocycles. The van der Waals surface area contributed by atoms with Crippen LogP contribution in [0.3, 0.4) is 0 Å². The molecule has 0 aromatic heterocycles. The summed E-state index contributed by atoms with van der Waals surface area (Å²) in [6, 6.07) is 5.88. The van der Waals surface area contributed by atoms with E-state index in [0.717, 1.165) is 50.3 Å². The fraction of sp³-hybridized carbons (Fsp3) is 0.571. The molecule has 1 fully saturated rings. The summed E-state index contributed by atoms with van der Waals surface area (Å²) in [6.45, 7) is 4.76. The van der Waals surface area contributed by atoms with E-state index >= 15 is 0 Å². The molecule has 2 nitrogen and oxygen atoms in total. The van der Waals surface area contributed by atoms with Gasteiger partial charge in [-0.05, 0) is 43.7 Å². The number of anilines is 1. The molecule has 0 bridgehead atoms. The van der Waals surface area contributed by atoms with Gasteiger partial charge in [0.25, 0.3) is 0 Å². The van der Waals surface area contributed by atoms with E-state index < -0.39 is 11.7 Å².